The lowest BCUT2D eigenvalue weighted by molar-refractivity contribution is 0.169. The van der Waals surface area contributed by atoms with Gasteiger partial charge in [0.15, 0.2) is 6.61 Å². The zero-order valence-corrected chi connectivity index (χ0v) is 19.1. The van der Waals surface area contributed by atoms with E-state index in [0.717, 1.165) is 53.0 Å². The van der Waals surface area contributed by atoms with Crippen molar-refractivity contribution in [3.05, 3.63) is 47.7 Å². The first-order chi connectivity index (χ1) is 15.5. The Labute approximate surface area is 188 Å². The molecule has 3 aromatic rings. The van der Waals surface area contributed by atoms with Crippen molar-refractivity contribution in [2.24, 2.45) is 0 Å². The summed E-state index contributed by atoms with van der Waals surface area (Å²) in [6.07, 6.45) is 4.89. The summed E-state index contributed by atoms with van der Waals surface area (Å²) in [5, 5.41) is 13.7. The first-order valence-corrected chi connectivity index (χ1v) is 11.2. The van der Waals surface area contributed by atoms with Crippen LogP contribution in [0.4, 0.5) is 0 Å². The number of nitrogens with zero attached hydrogens (tertiary/aromatic N) is 3. The van der Waals surface area contributed by atoms with Crippen LogP contribution in [0.3, 0.4) is 0 Å². The van der Waals surface area contributed by atoms with Crippen LogP contribution in [0.25, 0.3) is 22.8 Å². The van der Waals surface area contributed by atoms with Gasteiger partial charge in [0.05, 0.1) is 13.2 Å². The van der Waals surface area contributed by atoms with Gasteiger partial charge in [-0.15, -0.1) is 0 Å². The van der Waals surface area contributed by atoms with E-state index in [4.69, 9.17) is 14.0 Å². The second-order valence-electron chi connectivity index (χ2n) is 8.36. The van der Waals surface area contributed by atoms with Gasteiger partial charge in [-0.3, -0.25) is 0 Å². The molecule has 0 saturated heterocycles. The summed E-state index contributed by atoms with van der Waals surface area (Å²) < 4.78 is 16.8. The standard InChI is InChI=1S/C25H30N3O4/c1-5-17-11-19(10-15(2)23(17)31-14-16(3)29)24-27-25(32-28-24)20-12-21(18-8-6-7-9-18)26-22(13-20)30-4/h10-14,16,18,29H,5-9H2,1-4H3/t16-/m0/s1. The molecule has 0 amide bonds. The average molecular weight is 437 g/mol. The molecular weight excluding hydrogens is 406 g/mol. The second kappa shape index (κ2) is 9.69. The van der Waals surface area contributed by atoms with E-state index in [2.05, 4.69) is 22.0 Å². The number of aryl methyl sites for hydroxylation is 2. The smallest absolute Gasteiger partial charge is 0.258 e. The maximum Gasteiger partial charge on any atom is 0.258 e. The minimum absolute atomic E-state index is 0.443. The van der Waals surface area contributed by atoms with Crippen LogP contribution in [0.1, 0.15) is 62.3 Å². The minimum atomic E-state index is -0.648. The predicted molar refractivity (Wildman–Crippen MR) is 121 cm³/mol. The Kier molecular flexibility index (Phi) is 6.74. The van der Waals surface area contributed by atoms with E-state index >= 15 is 0 Å². The first kappa shape index (κ1) is 22.3. The molecule has 1 fully saturated rings. The topological polar surface area (TPSA) is 90.5 Å². The van der Waals surface area contributed by atoms with Gasteiger partial charge in [0, 0.05) is 28.8 Å². The molecule has 4 rings (SSSR count). The van der Waals surface area contributed by atoms with Crippen molar-refractivity contribution in [2.45, 2.75) is 64.9 Å². The Bertz CT molecular complexity index is 1070. The molecule has 7 nitrogen and oxygen atoms in total. The van der Waals surface area contributed by atoms with E-state index in [-0.39, 0.29) is 0 Å². The molecular formula is C25H30N3O4. The molecule has 2 heterocycles. The van der Waals surface area contributed by atoms with E-state index in [0.29, 0.717) is 23.5 Å². The largest absolute Gasteiger partial charge is 0.483 e. The number of ether oxygens (including phenoxy) is 2. The molecule has 1 radical (unpaired) electrons. The summed E-state index contributed by atoms with van der Waals surface area (Å²) in [6.45, 7) is 7.11. The van der Waals surface area contributed by atoms with Gasteiger partial charge in [-0.1, -0.05) is 24.9 Å². The molecule has 0 aliphatic heterocycles. The fourth-order valence-electron chi connectivity index (χ4n) is 4.22. The van der Waals surface area contributed by atoms with Crippen LogP contribution in [0.15, 0.2) is 28.8 Å². The molecule has 1 aliphatic carbocycles. The maximum absolute atomic E-state index is 9.51. The Morgan fingerprint density at radius 1 is 1.16 bits per heavy atom. The lowest BCUT2D eigenvalue weighted by Gasteiger charge is -2.15. The second-order valence-corrected chi connectivity index (χ2v) is 8.36. The minimum Gasteiger partial charge on any atom is -0.483 e. The van der Waals surface area contributed by atoms with Crippen molar-refractivity contribution in [1.29, 1.82) is 0 Å². The van der Waals surface area contributed by atoms with Crippen molar-refractivity contribution in [1.82, 2.24) is 15.1 Å². The van der Waals surface area contributed by atoms with Gasteiger partial charge in [-0.2, -0.15) is 4.98 Å². The molecule has 1 aliphatic rings. The molecule has 169 valence electrons. The highest BCUT2D eigenvalue weighted by Crippen LogP contribution is 2.36. The Morgan fingerprint density at radius 2 is 1.94 bits per heavy atom. The van der Waals surface area contributed by atoms with Crippen LogP contribution in [-0.2, 0) is 6.42 Å². The molecule has 0 unspecified atom stereocenters. The average Bonchev–Trinajstić information content (AvgIpc) is 3.50. The SMILES string of the molecule is CCc1cc(-c2noc(-c3cc(OC)nc(C4CCCC4)c3)n2)cc(C)c1O[CH][C@H](C)O. The van der Waals surface area contributed by atoms with Crippen LogP contribution >= 0.6 is 0 Å². The number of pyridine rings is 1. The Hall–Kier alpha value is -2.93. The van der Waals surface area contributed by atoms with Crippen LogP contribution in [-0.4, -0.2) is 33.4 Å². The molecule has 0 bridgehead atoms. The van der Waals surface area contributed by atoms with Gasteiger partial charge >= 0.3 is 0 Å². The number of rotatable bonds is 8. The van der Waals surface area contributed by atoms with Gasteiger partial charge in [-0.05, 0) is 62.4 Å². The van der Waals surface area contributed by atoms with Gasteiger partial charge in [-0.25, -0.2) is 4.98 Å². The monoisotopic (exact) mass is 436 g/mol. The van der Waals surface area contributed by atoms with Gasteiger partial charge < -0.3 is 19.1 Å². The van der Waals surface area contributed by atoms with Gasteiger partial charge in [0.25, 0.3) is 5.89 Å². The fourth-order valence-corrected chi connectivity index (χ4v) is 4.22. The lowest BCUT2D eigenvalue weighted by Crippen LogP contribution is -2.08. The molecule has 1 N–H and O–H groups in total. The highest BCUT2D eigenvalue weighted by molar-refractivity contribution is 5.64. The van der Waals surface area contributed by atoms with Crippen molar-refractivity contribution < 1.29 is 19.1 Å². The van der Waals surface area contributed by atoms with E-state index < -0.39 is 6.10 Å². The van der Waals surface area contributed by atoms with Crippen molar-refractivity contribution in [2.75, 3.05) is 7.11 Å². The Balaban J connectivity index is 1.65. The lowest BCUT2D eigenvalue weighted by atomic mass is 10.0. The van der Waals surface area contributed by atoms with Crippen LogP contribution in [0, 0.1) is 13.5 Å². The van der Waals surface area contributed by atoms with Crippen LogP contribution in [0.5, 0.6) is 11.6 Å². The Morgan fingerprint density at radius 3 is 2.62 bits per heavy atom. The first-order valence-electron chi connectivity index (χ1n) is 11.2. The highest BCUT2D eigenvalue weighted by atomic mass is 16.5. The van der Waals surface area contributed by atoms with Crippen LogP contribution in [0.2, 0.25) is 0 Å². The maximum atomic E-state index is 9.51. The number of hydrogen-bond acceptors (Lipinski definition) is 7. The molecule has 7 heteroatoms. The van der Waals surface area contributed by atoms with Crippen LogP contribution < -0.4 is 9.47 Å². The van der Waals surface area contributed by atoms with E-state index in [9.17, 15) is 5.11 Å². The number of aliphatic hydroxyl groups is 1. The molecule has 1 saturated carbocycles. The number of methoxy groups -OCH3 is 1. The van der Waals surface area contributed by atoms with Crippen molar-refractivity contribution >= 4 is 0 Å². The summed E-state index contributed by atoms with van der Waals surface area (Å²) in [5.74, 6) is 2.72. The van der Waals surface area contributed by atoms with Gasteiger partial charge in [0.1, 0.15) is 5.75 Å². The number of hydrogen-bond donors (Lipinski definition) is 1. The summed E-state index contributed by atoms with van der Waals surface area (Å²) in [5.41, 5.74) is 4.65. The number of aromatic nitrogens is 3. The van der Waals surface area contributed by atoms with E-state index in [1.54, 1.807) is 14.0 Å². The summed E-state index contributed by atoms with van der Waals surface area (Å²) in [7, 11) is 1.62. The zero-order chi connectivity index (χ0) is 22.7. The molecule has 0 spiro atoms. The fraction of sp³-hybridized carbons (Fsp3) is 0.440. The summed E-state index contributed by atoms with van der Waals surface area (Å²) in [4.78, 5) is 9.32. The third-order valence-corrected chi connectivity index (χ3v) is 5.85. The van der Waals surface area contributed by atoms with Crippen molar-refractivity contribution in [3.63, 3.8) is 0 Å². The highest BCUT2D eigenvalue weighted by Gasteiger charge is 2.22. The molecule has 1 aromatic carbocycles. The summed E-state index contributed by atoms with van der Waals surface area (Å²) >= 11 is 0. The third kappa shape index (κ3) is 4.78. The van der Waals surface area contributed by atoms with E-state index in [1.807, 2.05) is 31.2 Å². The normalized spacial score (nSPS) is 15.2. The predicted octanol–water partition coefficient (Wildman–Crippen LogP) is 5.26. The van der Waals surface area contributed by atoms with Crippen molar-refractivity contribution in [3.8, 4) is 34.5 Å². The third-order valence-electron chi connectivity index (χ3n) is 5.85. The number of benzene rings is 1. The summed E-state index contributed by atoms with van der Waals surface area (Å²) in [6, 6.07) is 7.85. The van der Waals surface area contributed by atoms with E-state index in [1.165, 1.54) is 19.4 Å². The molecule has 2 aromatic heterocycles. The quantitative estimate of drug-likeness (QED) is 0.515. The molecule has 32 heavy (non-hydrogen) atoms. The zero-order valence-electron chi connectivity index (χ0n) is 19.1. The number of aliphatic hydroxyl groups excluding tert-OH is 1. The van der Waals surface area contributed by atoms with Gasteiger partial charge in [0.2, 0.25) is 11.7 Å². The molecule has 1 atom stereocenters.